The van der Waals surface area contributed by atoms with Crippen LogP contribution in [0.25, 0.3) is 0 Å². The van der Waals surface area contributed by atoms with Gasteiger partial charge in [0.15, 0.2) is 0 Å². The Morgan fingerprint density at radius 2 is 1.37 bits per heavy atom. The van der Waals surface area contributed by atoms with Crippen molar-refractivity contribution < 1.29 is 28.8 Å². The van der Waals surface area contributed by atoms with E-state index in [1.807, 2.05) is 7.05 Å². The summed E-state index contributed by atoms with van der Waals surface area (Å²) < 4.78 is 20.6. The van der Waals surface area contributed by atoms with Crippen molar-refractivity contribution in [1.29, 1.82) is 0 Å². The summed E-state index contributed by atoms with van der Waals surface area (Å²) in [5.41, 5.74) is 0. The van der Waals surface area contributed by atoms with Gasteiger partial charge in [-0.2, -0.15) is 0 Å². The largest absolute Gasteiger partial charge is 0.389 e. The van der Waals surface area contributed by atoms with Gasteiger partial charge in [0.05, 0.1) is 52.9 Å². The number of aliphatic hydroxyl groups is 1. The second kappa shape index (κ2) is 22.6. The number of rotatable bonds is 13. The quantitative estimate of drug-likeness (QED) is 0.333. The second-order valence-corrected chi connectivity index (χ2v) is 3.28. The van der Waals surface area contributed by atoms with Crippen molar-refractivity contribution in [3.8, 4) is 0 Å². The summed E-state index contributed by atoms with van der Waals surface area (Å²) in [6.07, 6.45) is 0.431. The average Bonchev–Trinajstić information content (AvgIpc) is 2.45. The van der Waals surface area contributed by atoms with Crippen molar-refractivity contribution in [2.75, 3.05) is 73.6 Å². The van der Waals surface area contributed by atoms with Gasteiger partial charge in [-0.25, -0.2) is 0 Å². The highest BCUT2D eigenvalue weighted by Gasteiger charge is 1.90. The highest BCUT2D eigenvalue weighted by atomic mass is 16.6. The molecule has 0 aromatic rings. The number of methoxy groups -OCH3 is 1. The van der Waals surface area contributed by atoms with E-state index >= 15 is 0 Å². The van der Waals surface area contributed by atoms with E-state index in [0.717, 1.165) is 13.2 Å². The van der Waals surface area contributed by atoms with Crippen molar-refractivity contribution >= 4 is 6.29 Å². The zero-order valence-corrected chi connectivity index (χ0v) is 11.9. The molecule has 0 atom stereocenters. The van der Waals surface area contributed by atoms with Gasteiger partial charge in [-0.05, 0) is 7.05 Å². The maximum Gasteiger partial charge on any atom is 0.145 e. The van der Waals surface area contributed by atoms with Crippen LogP contribution in [0.5, 0.6) is 0 Å². The van der Waals surface area contributed by atoms with Gasteiger partial charge in [-0.3, -0.25) is 0 Å². The maximum atomic E-state index is 8.92. The molecule has 19 heavy (non-hydrogen) atoms. The number of likely N-dealkylation sites (N-methyl/N-ethyl adjacent to an activating group) is 1. The molecule has 0 saturated carbocycles. The van der Waals surface area contributed by atoms with Gasteiger partial charge in [-0.15, -0.1) is 0 Å². The Hall–Kier alpha value is -0.570. The Morgan fingerprint density at radius 3 is 1.74 bits per heavy atom. The third-order valence-corrected chi connectivity index (χ3v) is 1.75. The molecule has 0 radical (unpaired) electrons. The molecular weight excluding hydrogens is 254 g/mol. The molecule has 0 fully saturated rings. The minimum Gasteiger partial charge on any atom is -0.389 e. The summed E-state index contributed by atoms with van der Waals surface area (Å²) in [6.45, 7) is 4.98. The summed E-state index contributed by atoms with van der Waals surface area (Å²) in [4.78, 5) is 8.92. The first-order chi connectivity index (χ1) is 9.33. The molecule has 7 nitrogen and oxygen atoms in total. The molecule has 0 bridgehead atoms. The van der Waals surface area contributed by atoms with Gasteiger partial charge >= 0.3 is 0 Å². The van der Waals surface area contributed by atoms with Gasteiger partial charge in [-0.1, -0.05) is 0 Å². The van der Waals surface area contributed by atoms with Crippen molar-refractivity contribution in [3.63, 3.8) is 0 Å². The van der Waals surface area contributed by atoms with E-state index < -0.39 is 0 Å². The molecule has 0 aromatic carbocycles. The predicted octanol–water partition coefficient (Wildman–Crippen LogP) is -0.920. The number of hydrogen-bond acceptors (Lipinski definition) is 7. The van der Waals surface area contributed by atoms with E-state index in [-0.39, 0.29) is 6.61 Å². The fourth-order valence-electron chi connectivity index (χ4n) is 0.858. The molecule has 0 amide bonds. The van der Waals surface area contributed by atoms with Crippen molar-refractivity contribution in [1.82, 2.24) is 5.32 Å². The third kappa shape index (κ3) is 26.9. The molecule has 0 aliphatic rings. The number of nitrogens with one attached hydrogen (secondary N) is 1. The zero-order chi connectivity index (χ0) is 14.6. The van der Waals surface area contributed by atoms with Crippen LogP contribution in [0.3, 0.4) is 0 Å². The molecule has 0 aromatic heterocycles. The summed E-state index contributed by atoms with van der Waals surface area (Å²) in [5, 5.41) is 10.5. The molecule has 0 spiro atoms. The number of carbonyl (C=O) groups excluding carboxylic acids is 1. The number of aldehydes is 1. The minimum atomic E-state index is -0.361. The van der Waals surface area contributed by atoms with Crippen LogP contribution < -0.4 is 5.32 Å². The Morgan fingerprint density at radius 1 is 0.947 bits per heavy atom. The topological polar surface area (TPSA) is 86.3 Å². The lowest BCUT2D eigenvalue weighted by Crippen LogP contribution is -2.16. The van der Waals surface area contributed by atoms with Gasteiger partial charge in [0, 0.05) is 13.7 Å². The lowest BCUT2D eigenvalue weighted by atomic mass is 10.6. The first kappa shape index (κ1) is 20.7. The fraction of sp³-hybridized carbons (Fsp3) is 0.917. The number of aliphatic hydroxyl groups excluding tert-OH is 1. The molecule has 0 heterocycles. The van der Waals surface area contributed by atoms with Crippen LogP contribution in [0.1, 0.15) is 0 Å². The normalized spacial score (nSPS) is 9.84. The molecule has 7 heteroatoms. The van der Waals surface area contributed by atoms with E-state index in [4.69, 9.17) is 28.8 Å². The van der Waals surface area contributed by atoms with Crippen LogP contribution in [-0.2, 0) is 23.7 Å². The molecule has 116 valence electrons. The molecule has 0 rings (SSSR count). The number of carbonyl (C=O) groups is 1. The summed E-state index contributed by atoms with van der Waals surface area (Å²) >= 11 is 0. The Kier molecular flexibility index (Phi) is 24.7. The third-order valence-electron chi connectivity index (χ3n) is 1.75. The van der Waals surface area contributed by atoms with Gasteiger partial charge in [0.1, 0.15) is 6.29 Å². The predicted molar refractivity (Wildman–Crippen MR) is 71.4 cm³/mol. The number of hydrogen-bond donors (Lipinski definition) is 2. The van der Waals surface area contributed by atoms with Crippen LogP contribution in [0, 0.1) is 0 Å². The first-order valence-corrected chi connectivity index (χ1v) is 6.24. The van der Waals surface area contributed by atoms with Gasteiger partial charge < -0.3 is 34.2 Å². The second-order valence-electron chi connectivity index (χ2n) is 3.28. The SMILES string of the molecule is CNCCOCCOCCOCCOC.O=CCO. The Balaban J connectivity index is 0. The van der Waals surface area contributed by atoms with Crippen molar-refractivity contribution in [2.45, 2.75) is 0 Å². The Bertz CT molecular complexity index is 147. The summed E-state index contributed by atoms with van der Waals surface area (Å²) in [7, 11) is 3.56. The van der Waals surface area contributed by atoms with Gasteiger partial charge in [0.25, 0.3) is 0 Å². The zero-order valence-electron chi connectivity index (χ0n) is 11.9. The standard InChI is InChI=1S/C10H23NO4.C2H4O2/c1-11-3-4-13-7-8-15-10-9-14-6-5-12-2;3-1-2-4/h11H,3-10H2,1-2H3;1,4H,2H2. The van der Waals surface area contributed by atoms with Gasteiger partial charge in [0.2, 0.25) is 0 Å². The van der Waals surface area contributed by atoms with Crippen LogP contribution in [-0.4, -0.2) is 84.9 Å². The summed E-state index contributed by atoms with van der Waals surface area (Å²) in [6, 6.07) is 0. The highest BCUT2D eigenvalue weighted by Crippen LogP contribution is 1.81. The lowest BCUT2D eigenvalue weighted by molar-refractivity contribution is -0.110. The molecule has 0 aliphatic carbocycles. The van der Waals surface area contributed by atoms with Crippen LogP contribution in [0.15, 0.2) is 0 Å². The molecule has 0 saturated heterocycles. The van der Waals surface area contributed by atoms with E-state index in [1.165, 1.54) is 0 Å². The lowest BCUT2D eigenvalue weighted by Gasteiger charge is -2.06. The van der Waals surface area contributed by atoms with Crippen molar-refractivity contribution in [3.05, 3.63) is 0 Å². The molecule has 2 N–H and O–H groups in total. The monoisotopic (exact) mass is 281 g/mol. The minimum absolute atomic E-state index is 0.361. The van der Waals surface area contributed by atoms with Crippen molar-refractivity contribution in [2.24, 2.45) is 0 Å². The highest BCUT2D eigenvalue weighted by molar-refractivity contribution is 5.49. The first-order valence-electron chi connectivity index (χ1n) is 6.24. The van der Waals surface area contributed by atoms with E-state index in [2.05, 4.69) is 5.32 Å². The molecule has 0 unspecified atom stereocenters. The number of ether oxygens (including phenoxy) is 4. The Labute approximate surface area is 115 Å². The smallest absolute Gasteiger partial charge is 0.145 e. The van der Waals surface area contributed by atoms with Crippen LogP contribution in [0.2, 0.25) is 0 Å². The fourth-order valence-corrected chi connectivity index (χ4v) is 0.858. The van der Waals surface area contributed by atoms with E-state index in [0.29, 0.717) is 45.9 Å². The van der Waals surface area contributed by atoms with Crippen LogP contribution in [0.4, 0.5) is 0 Å². The molecular formula is C12H27NO6. The van der Waals surface area contributed by atoms with Crippen LogP contribution >= 0.6 is 0 Å². The summed E-state index contributed by atoms with van der Waals surface area (Å²) in [5.74, 6) is 0. The van der Waals surface area contributed by atoms with E-state index in [1.54, 1.807) is 7.11 Å². The maximum absolute atomic E-state index is 8.92. The van der Waals surface area contributed by atoms with E-state index in [9.17, 15) is 0 Å². The molecule has 0 aliphatic heterocycles. The average molecular weight is 281 g/mol.